The zero-order valence-electron chi connectivity index (χ0n) is 18.4. The Morgan fingerprint density at radius 1 is 0.914 bits per heavy atom. The van der Waals surface area contributed by atoms with Gasteiger partial charge in [-0.2, -0.15) is 13.2 Å². The lowest BCUT2D eigenvalue weighted by Gasteiger charge is -2.45. The molecule has 0 bridgehead atoms. The van der Waals surface area contributed by atoms with Crippen molar-refractivity contribution in [1.29, 1.82) is 0 Å². The lowest BCUT2D eigenvalue weighted by Crippen LogP contribution is -2.59. The molecule has 2 aliphatic rings. The Bertz CT molecular complexity index is 1210. The van der Waals surface area contributed by atoms with Gasteiger partial charge in [0.25, 0.3) is 0 Å². The maximum absolute atomic E-state index is 13.4. The van der Waals surface area contributed by atoms with E-state index in [1.54, 1.807) is 48.5 Å². The van der Waals surface area contributed by atoms with Crippen LogP contribution in [0.4, 0.5) is 22.8 Å². The summed E-state index contributed by atoms with van der Waals surface area (Å²) in [6.07, 6.45) is -6.52. The zero-order valence-corrected chi connectivity index (χ0v) is 18.4. The number of amides is 2. The van der Waals surface area contributed by atoms with Gasteiger partial charge < -0.3 is 14.7 Å². The third-order valence-corrected chi connectivity index (χ3v) is 6.66. The second-order valence-corrected chi connectivity index (χ2v) is 8.59. The van der Waals surface area contributed by atoms with Crippen molar-refractivity contribution in [2.75, 3.05) is 13.1 Å². The van der Waals surface area contributed by atoms with Crippen molar-refractivity contribution in [2.24, 2.45) is 0 Å². The molecule has 5 rings (SSSR count). The molecule has 180 valence electrons. The Morgan fingerprint density at radius 2 is 1.51 bits per heavy atom. The zero-order chi connectivity index (χ0) is 24.8. The first-order chi connectivity index (χ1) is 16.7. The summed E-state index contributed by atoms with van der Waals surface area (Å²) in [5.41, 5.74) is -0.758. The number of ether oxygens (including phenoxy) is 1. The fourth-order valence-corrected chi connectivity index (χ4v) is 5.11. The molecule has 0 aromatic heterocycles. The summed E-state index contributed by atoms with van der Waals surface area (Å²) in [6, 6.07) is 20.8. The van der Waals surface area contributed by atoms with Crippen molar-refractivity contribution >= 4 is 12.2 Å². The van der Waals surface area contributed by atoms with Gasteiger partial charge in [0.05, 0.1) is 11.6 Å². The molecule has 2 atom stereocenters. The molecule has 2 unspecified atom stereocenters. The summed E-state index contributed by atoms with van der Waals surface area (Å²) in [5.74, 6) is 0. The standard InChI is InChI=1S/C26H21F3N2O4/c27-26(28,29)20-13-7-8-17(14-20)21-15-30(23(32)33)16-22-25(35-24(34)31(21)22,18-9-3-1-4-10-18)19-11-5-2-6-12-19/h1-14,21-22H,15-16H2,(H,32,33). The molecule has 6 nitrogen and oxygen atoms in total. The Morgan fingerprint density at radius 3 is 2.06 bits per heavy atom. The quantitative estimate of drug-likeness (QED) is 0.535. The number of carboxylic acid groups (broad SMARTS) is 1. The molecule has 0 saturated carbocycles. The summed E-state index contributed by atoms with van der Waals surface area (Å²) in [5, 5.41) is 9.89. The fourth-order valence-electron chi connectivity index (χ4n) is 5.11. The van der Waals surface area contributed by atoms with Crippen LogP contribution in [0.5, 0.6) is 0 Å². The third kappa shape index (κ3) is 3.77. The molecular formula is C26H21F3N2O4. The van der Waals surface area contributed by atoms with Crippen LogP contribution in [-0.4, -0.2) is 46.2 Å². The van der Waals surface area contributed by atoms with E-state index in [1.807, 2.05) is 12.1 Å². The van der Waals surface area contributed by atoms with Gasteiger partial charge in [0.15, 0.2) is 5.60 Å². The molecule has 0 aliphatic carbocycles. The van der Waals surface area contributed by atoms with Crippen molar-refractivity contribution in [2.45, 2.75) is 23.9 Å². The van der Waals surface area contributed by atoms with Crippen LogP contribution in [0.2, 0.25) is 0 Å². The average Bonchev–Trinajstić information content (AvgIpc) is 3.17. The summed E-state index contributed by atoms with van der Waals surface area (Å²) in [4.78, 5) is 28.1. The summed E-state index contributed by atoms with van der Waals surface area (Å²) in [7, 11) is 0. The summed E-state index contributed by atoms with van der Waals surface area (Å²) in [6.45, 7) is -0.248. The molecule has 2 aliphatic heterocycles. The number of carbonyl (C=O) groups is 2. The minimum atomic E-state index is -4.58. The lowest BCUT2D eigenvalue weighted by atomic mass is 9.78. The van der Waals surface area contributed by atoms with Gasteiger partial charge in [0, 0.05) is 24.2 Å². The van der Waals surface area contributed by atoms with Gasteiger partial charge in [0.1, 0.15) is 6.04 Å². The molecule has 2 saturated heterocycles. The van der Waals surface area contributed by atoms with E-state index in [0.717, 1.165) is 17.0 Å². The number of benzene rings is 3. The molecule has 2 fully saturated rings. The number of fused-ring (bicyclic) bond motifs is 1. The maximum atomic E-state index is 13.4. The molecule has 3 aromatic rings. The molecule has 1 N–H and O–H groups in total. The van der Waals surface area contributed by atoms with E-state index in [-0.39, 0.29) is 18.7 Å². The van der Waals surface area contributed by atoms with Crippen molar-refractivity contribution in [3.05, 3.63) is 107 Å². The summed E-state index contributed by atoms with van der Waals surface area (Å²) < 4.78 is 46.4. The smallest absolute Gasteiger partial charge is 0.416 e. The second-order valence-electron chi connectivity index (χ2n) is 8.59. The number of alkyl halides is 3. The number of cyclic esters (lactones) is 1. The first-order valence-electron chi connectivity index (χ1n) is 11.0. The van der Waals surface area contributed by atoms with Crippen LogP contribution in [0.3, 0.4) is 0 Å². The molecular weight excluding hydrogens is 461 g/mol. The van der Waals surface area contributed by atoms with Crippen LogP contribution in [0.15, 0.2) is 84.9 Å². The second kappa shape index (κ2) is 8.33. The van der Waals surface area contributed by atoms with Gasteiger partial charge in [-0.05, 0) is 17.7 Å². The predicted octanol–water partition coefficient (Wildman–Crippen LogP) is 5.50. The van der Waals surface area contributed by atoms with E-state index in [4.69, 9.17) is 4.74 Å². The van der Waals surface area contributed by atoms with Crippen molar-refractivity contribution in [1.82, 2.24) is 9.80 Å². The summed E-state index contributed by atoms with van der Waals surface area (Å²) >= 11 is 0. The highest BCUT2D eigenvalue weighted by atomic mass is 19.4. The highest BCUT2D eigenvalue weighted by Crippen LogP contribution is 2.49. The molecule has 0 radical (unpaired) electrons. The van der Waals surface area contributed by atoms with Gasteiger partial charge in [-0.15, -0.1) is 0 Å². The van der Waals surface area contributed by atoms with E-state index in [9.17, 15) is 27.9 Å². The lowest BCUT2D eigenvalue weighted by molar-refractivity contribution is -0.137. The van der Waals surface area contributed by atoms with Gasteiger partial charge in [-0.1, -0.05) is 72.8 Å². The number of halogens is 3. The van der Waals surface area contributed by atoms with Crippen molar-refractivity contribution < 1.29 is 32.6 Å². The predicted molar refractivity (Wildman–Crippen MR) is 120 cm³/mol. The van der Waals surface area contributed by atoms with Gasteiger partial charge >= 0.3 is 18.4 Å². The maximum Gasteiger partial charge on any atom is 0.416 e. The van der Waals surface area contributed by atoms with E-state index >= 15 is 0 Å². The highest BCUT2D eigenvalue weighted by Gasteiger charge is 2.60. The molecule has 2 heterocycles. The van der Waals surface area contributed by atoms with Crippen LogP contribution >= 0.6 is 0 Å². The van der Waals surface area contributed by atoms with E-state index in [2.05, 4.69) is 0 Å². The van der Waals surface area contributed by atoms with Crippen LogP contribution in [0.1, 0.15) is 28.3 Å². The number of hydrogen-bond acceptors (Lipinski definition) is 3. The average molecular weight is 482 g/mol. The Kier molecular flexibility index (Phi) is 5.42. The number of carbonyl (C=O) groups excluding carboxylic acids is 1. The van der Waals surface area contributed by atoms with Gasteiger partial charge in [0.2, 0.25) is 0 Å². The number of piperazine rings is 1. The third-order valence-electron chi connectivity index (χ3n) is 6.66. The SMILES string of the molecule is O=C(O)N1CC(c2cccc(C(F)(F)F)c2)N2C(=O)OC(c3ccccc3)(c3ccccc3)C2C1. The highest BCUT2D eigenvalue weighted by molar-refractivity contribution is 5.76. The van der Waals surface area contributed by atoms with E-state index in [0.29, 0.717) is 11.1 Å². The van der Waals surface area contributed by atoms with Gasteiger partial charge in [-0.25, -0.2) is 9.59 Å². The molecule has 0 spiro atoms. The Hall–Kier alpha value is -4.01. The van der Waals surface area contributed by atoms with E-state index < -0.39 is 41.6 Å². The number of rotatable bonds is 3. The van der Waals surface area contributed by atoms with Crippen LogP contribution < -0.4 is 0 Å². The van der Waals surface area contributed by atoms with Crippen LogP contribution in [-0.2, 0) is 16.5 Å². The van der Waals surface area contributed by atoms with Crippen LogP contribution in [0, 0.1) is 0 Å². The van der Waals surface area contributed by atoms with Gasteiger partial charge in [-0.3, -0.25) is 4.90 Å². The first-order valence-corrected chi connectivity index (χ1v) is 11.0. The first kappa shape index (κ1) is 22.8. The number of nitrogens with zero attached hydrogens (tertiary/aromatic N) is 2. The Balaban J connectivity index is 1.69. The topological polar surface area (TPSA) is 70.1 Å². The molecule has 2 amide bonds. The fraction of sp³-hybridized carbons (Fsp3) is 0.231. The van der Waals surface area contributed by atoms with Crippen LogP contribution in [0.25, 0.3) is 0 Å². The van der Waals surface area contributed by atoms with Crippen molar-refractivity contribution in [3.8, 4) is 0 Å². The monoisotopic (exact) mass is 482 g/mol. The largest absolute Gasteiger partial charge is 0.465 e. The molecule has 35 heavy (non-hydrogen) atoms. The molecule has 9 heteroatoms. The van der Waals surface area contributed by atoms with E-state index in [1.165, 1.54) is 17.0 Å². The number of hydrogen-bond donors (Lipinski definition) is 1. The van der Waals surface area contributed by atoms with Crippen molar-refractivity contribution in [3.63, 3.8) is 0 Å². The minimum absolute atomic E-state index is 0.0691. The Labute approximate surface area is 199 Å². The minimum Gasteiger partial charge on any atom is -0.465 e. The molecule has 3 aromatic carbocycles. The normalized spacial score (nSPS) is 21.4.